The summed E-state index contributed by atoms with van der Waals surface area (Å²) < 4.78 is 64.7. The molecule has 2 unspecified atom stereocenters. The van der Waals surface area contributed by atoms with Crippen LogP contribution in [0.2, 0.25) is 0 Å². The third-order valence-electron chi connectivity index (χ3n) is 8.21. The molecule has 1 saturated carbocycles. The Morgan fingerprint density at radius 2 is 1.95 bits per heavy atom. The van der Waals surface area contributed by atoms with E-state index in [1.54, 1.807) is 18.2 Å². The van der Waals surface area contributed by atoms with Gasteiger partial charge in [-0.05, 0) is 56.4 Å². The molecule has 1 amide bonds. The molecule has 222 valence electrons. The van der Waals surface area contributed by atoms with Gasteiger partial charge in [-0.2, -0.15) is 4.31 Å². The number of anilines is 1. The third-order valence-corrected chi connectivity index (χ3v) is 12.3. The molecule has 41 heavy (non-hydrogen) atoms. The molecule has 14 heteroatoms. The van der Waals surface area contributed by atoms with E-state index in [9.17, 15) is 26.7 Å². The maximum absolute atomic E-state index is 13.2. The molecule has 4 heterocycles. The van der Waals surface area contributed by atoms with Gasteiger partial charge in [-0.15, -0.1) is 0 Å². The van der Waals surface area contributed by atoms with Gasteiger partial charge in [0.25, 0.3) is 0 Å². The van der Waals surface area contributed by atoms with Gasteiger partial charge in [0, 0.05) is 37.4 Å². The fraction of sp³-hybridized carbons (Fsp3) is 0.556. The highest BCUT2D eigenvalue weighted by Crippen LogP contribution is 2.38. The molecule has 0 radical (unpaired) electrons. The number of piperidine rings is 1. The number of sulfone groups is 1. The van der Waals surface area contributed by atoms with Crippen molar-refractivity contribution in [2.75, 3.05) is 38.2 Å². The first-order valence-electron chi connectivity index (χ1n) is 13.9. The molecule has 1 aliphatic carbocycles. The molecular weight excluding hydrogens is 572 g/mol. The number of rotatable bonds is 10. The van der Waals surface area contributed by atoms with Gasteiger partial charge in [0.2, 0.25) is 15.9 Å². The SMILES string of the molecule is O=C1Cc2cc(S(=O)(=O)N3CCC4(CC3)CC(NCC(O)COc3cccc(S(=O)(=O)C5CC5)c3)CO4)cnc2N1. The number of aromatic nitrogens is 1. The monoisotopic (exact) mass is 606 g/mol. The van der Waals surface area contributed by atoms with E-state index in [1.807, 2.05) is 0 Å². The minimum absolute atomic E-state index is 0.00534. The molecule has 2 aromatic rings. The van der Waals surface area contributed by atoms with E-state index >= 15 is 0 Å². The first kappa shape index (κ1) is 28.5. The van der Waals surface area contributed by atoms with Crippen LogP contribution in [0.1, 0.15) is 37.7 Å². The predicted molar refractivity (Wildman–Crippen MR) is 148 cm³/mol. The topological polar surface area (TPSA) is 164 Å². The lowest BCUT2D eigenvalue weighted by Gasteiger charge is -2.38. The van der Waals surface area contributed by atoms with Gasteiger partial charge in [0.15, 0.2) is 9.84 Å². The van der Waals surface area contributed by atoms with Crippen LogP contribution in [-0.2, 0) is 35.8 Å². The Balaban J connectivity index is 0.962. The fourth-order valence-electron chi connectivity index (χ4n) is 5.70. The first-order chi connectivity index (χ1) is 19.5. The Morgan fingerprint density at radius 3 is 2.71 bits per heavy atom. The van der Waals surface area contributed by atoms with Crippen molar-refractivity contribution >= 4 is 31.6 Å². The smallest absolute Gasteiger partial charge is 0.244 e. The molecule has 4 aliphatic rings. The van der Waals surface area contributed by atoms with Crippen molar-refractivity contribution in [2.24, 2.45) is 0 Å². The average molecular weight is 607 g/mol. The standard InChI is InChI=1S/C27H34N4O8S2/c32-20(17-38-21-2-1-3-23(12-21)40(34,35)22-4-5-22)14-28-19-13-27(39-16-19)6-8-31(9-7-27)41(36,37)24-10-18-11-25(33)30-26(18)29-15-24/h1-3,10,12,15,19-20,22,28,32H,4-9,11,13-14,16-17H2,(H,29,30,33). The number of nitrogens with zero attached hydrogens (tertiary/aromatic N) is 2. The van der Waals surface area contributed by atoms with Gasteiger partial charge >= 0.3 is 0 Å². The van der Waals surface area contributed by atoms with Gasteiger partial charge < -0.3 is 25.2 Å². The van der Waals surface area contributed by atoms with Gasteiger partial charge in [-0.1, -0.05) is 6.07 Å². The summed E-state index contributed by atoms with van der Waals surface area (Å²) in [6, 6.07) is 7.92. The van der Waals surface area contributed by atoms with Crippen LogP contribution in [0.15, 0.2) is 46.3 Å². The van der Waals surface area contributed by atoms with Crippen LogP contribution in [0, 0.1) is 0 Å². The number of hydrogen-bond acceptors (Lipinski definition) is 10. The van der Waals surface area contributed by atoms with Gasteiger partial charge in [0.1, 0.15) is 29.2 Å². The molecule has 1 aromatic heterocycles. The largest absolute Gasteiger partial charge is 0.491 e. The Kier molecular flexibility index (Phi) is 7.57. The van der Waals surface area contributed by atoms with Crippen LogP contribution in [-0.4, -0.2) is 93.0 Å². The van der Waals surface area contributed by atoms with E-state index in [-0.39, 0.29) is 46.6 Å². The van der Waals surface area contributed by atoms with Crippen molar-refractivity contribution < 1.29 is 36.2 Å². The number of fused-ring (bicyclic) bond motifs is 1. The lowest BCUT2D eigenvalue weighted by atomic mass is 9.88. The summed E-state index contributed by atoms with van der Waals surface area (Å²) in [5, 5.41) is 16.1. The van der Waals surface area contributed by atoms with Gasteiger partial charge in [0.05, 0.1) is 28.8 Å². The van der Waals surface area contributed by atoms with Crippen LogP contribution >= 0.6 is 0 Å². The number of carbonyl (C=O) groups excluding carboxylic acids is 1. The molecule has 1 spiro atoms. The predicted octanol–water partition coefficient (Wildman–Crippen LogP) is 0.854. The van der Waals surface area contributed by atoms with Crippen molar-refractivity contribution in [3.8, 4) is 5.75 Å². The highest BCUT2D eigenvalue weighted by atomic mass is 32.2. The van der Waals surface area contributed by atoms with E-state index in [0.29, 0.717) is 68.9 Å². The lowest BCUT2D eigenvalue weighted by molar-refractivity contribution is -0.115. The molecule has 1 aromatic carbocycles. The minimum atomic E-state index is -3.74. The normalized spacial score (nSPS) is 23.3. The van der Waals surface area contributed by atoms with Gasteiger partial charge in [-0.25, -0.2) is 21.8 Å². The lowest BCUT2D eigenvalue weighted by Crippen LogP contribution is -2.47. The molecule has 12 nitrogen and oxygen atoms in total. The Bertz CT molecular complexity index is 1540. The minimum Gasteiger partial charge on any atom is -0.491 e. The van der Waals surface area contributed by atoms with Crippen molar-refractivity contribution in [2.45, 2.75) is 71.3 Å². The summed E-state index contributed by atoms with van der Waals surface area (Å²) in [6.07, 6.45) is 3.78. The number of pyridine rings is 1. The second-order valence-electron chi connectivity index (χ2n) is 11.3. The summed E-state index contributed by atoms with van der Waals surface area (Å²) in [7, 11) is -7.06. The third kappa shape index (κ3) is 5.99. The zero-order valence-corrected chi connectivity index (χ0v) is 24.1. The fourth-order valence-corrected chi connectivity index (χ4v) is 8.83. The van der Waals surface area contributed by atoms with E-state index < -0.39 is 31.6 Å². The van der Waals surface area contributed by atoms with Crippen molar-refractivity contribution in [3.63, 3.8) is 0 Å². The molecule has 3 aliphatic heterocycles. The summed E-state index contributed by atoms with van der Waals surface area (Å²) in [4.78, 5) is 16.0. The van der Waals surface area contributed by atoms with Crippen LogP contribution in [0.4, 0.5) is 5.82 Å². The summed E-state index contributed by atoms with van der Waals surface area (Å²) in [5.41, 5.74) is 0.158. The molecule has 2 atom stereocenters. The maximum atomic E-state index is 13.2. The highest BCUT2D eigenvalue weighted by molar-refractivity contribution is 7.92. The molecule has 3 fully saturated rings. The summed E-state index contributed by atoms with van der Waals surface area (Å²) >= 11 is 0. The maximum Gasteiger partial charge on any atom is 0.244 e. The molecule has 2 saturated heterocycles. The van der Waals surface area contributed by atoms with E-state index in [1.165, 1.54) is 22.6 Å². The molecular formula is C27H34N4O8S2. The van der Waals surface area contributed by atoms with Crippen LogP contribution in [0.5, 0.6) is 5.75 Å². The Hall–Kier alpha value is -2.62. The van der Waals surface area contributed by atoms with E-state index in [4.69, 9.17) is 9.47 Å². The number of hydrogen-bond donors (Lipinski definition) is 3. The summed E-state index contributed by atoms with van der Waals surface area (Å²) in [6.45, 7) is 1.36. The second-order valence-corrected chi connectivity index (χ2v) is 15.5. The Labute approximate surface area is 239 Å². The Morgan fingerprint density at radius 1 is 1.17 bits per heavy atom. The van der Waals surface area contributed by atoms with Crippen LogP contribution in [0.25, 0.3) is 0 Å². The number of sulfonamides is 1. The van der Waals surface area contributed by atoms with Crippen LogP contribution < -0.4 is 15.4 Å². The van der Waals surface area contributed by atoms with Crippen molar-refractivity contribution in [3.05, 3.63) is 42.1 Å². The van der Waals surface area contributed by atoms with Gasteiger partial charge in [-0.3, -0.25) is 4.79 Å². The number of aliphatic hydroxyl groups excluding tert-OH is 1. The molecule has 0 bridgehead atoms. The van der Waals surface area contributed by atoms with Crippen molar-refractivity contribution in [1.82, 2.24) is 14.6 Å². The number of amides is 1. The number of ether oxygens (including phenoxy) is 2. The van der Waals surface area contributed by atoms with E-state index in [0.717, 1.165) is 0 Å². The first-order valence-corrected chi connectivity index (χ1v) is 16.8. The number of benzene rings is 1. The van der Waals surface area contributed by atoms with Crippen LogP contribution in [0.3, 0.4) is 0 Å². The zero-order chi connectivity index (χ0) is 28.8. The summed E-state index contributed by atoms with van der Waals surface area (Å²) in [5.74, 6) is 0.612. The molecule has 6 rings (SSSR count). The zero-order valence-electron chi connectivity index (χ0n) is 22.5. The number of aliphatic hydroxyl groups is 1. The number of nitrogens with one attached hydrogen (secondary N) is 2. The van der Waals surface area contributed by atoms with Crippen molar-refractivity contribution in [1.29, 1.82) is 0 Å². The van der Waals surface area contributed by atoms with E-state index in [2.05, 4.69) is 15.6 Å². The molecule has 3 N–H and O–H groups in total. The quantitative estimate of drug-likeness (QED) is 0.353. The average Bonchev–Trinajstić information content (AvgIpc) is 3.66. The number of carbonyl (C=O) groups is 1. The second kappa shape index (κ2) is 10.9. The highest BCUT2D eigenvalue weighted by Gasteiger charge is 2.45.